The summed E-state index contributed by atoms with van der Waals surface area (Å²) in [6.45, 7) is 4.25. The minimum absolute atomic E-state index is 0.218. The van der Waals surface area contributed by atoms with E-state index in [4.69, 9.17) is 17.0 Å². The van der Waals surface area contributed by atoms with Gasteiger partial charge in [-0.1, -0.05) is 19.4 Å². The highest BCUT2D eigenvalue weighted by atomic mass is 32.1. The molecular formula is C14H18N2O2S2. The van der Waals surface area contributed by atoms with Crippen LogP contribution in [0.3, 0.4) is 0 Å². The fourth-order valence-electron chi connectivity index (χ4n) is 2.18. The van der Waals surface area contributed by atoms with Crippen LogP contribution in [0.25, 0.3) is 0 Å². The van der Waals surface area contributed by atoms with Gasteiger partial charge in [-0.3, -0.25) is 0 Å². The number of hydrogen-bond acceptors (Lipinski definition) is 4. The molecule has 6 heteroatoms. The third-order valence-electron chi connectivity index (χ3n) is 2.98. The van der Waals surface area contributed by atoms with Crippen LogP contribution in [0.2, 0.25) is 0 Å². The Bertz CT molecular complexity index is 523. The van der Waals surface area contributed by atoms with Crippen LogP contribution in [0.15, 0.2) is 28.8 Å². The summed E-state index contributed by atoms with van der Waals surface area (Å²) in [4.78, 5) is 13.4. The second-order valence-electron chi connectivity index (χ2n) is 4.41. The van der Waals surface area contributed by atoms with E-state index in [0.717, 1.165) is 23.4 Å². The summed E-state index contributed by atoms with van der Waals surface area (Å²) in [5.74, 6) is -0.281. The summed E-state index contributed by atoms with van der Waals surface area (Å²) < 4.78 is 5.21. The lowest BCUT2D eigenvalue weighted by atomic mass is 9.99. The normalized spacial score (nSPS) is 18.5. The standard InChI is InChI=1S/C14H18N2O2S2/c1-3-6-9-11(13(17)18-4-2)12(16-14(19)15-9)10-7-5-8-20-10/h5,7-8,12H,3-4,6H2,1-2H3,(H2,15,16,19). The molecule has 1 aromatic rings. The van der Waals surface area contributed by atoms with E-state index in [1.54, 1.807) is 11.3 Å². The Labute approximate surface area is 128 Å². The van der Waals surface area contributed by atoms with Crippen LogP contribution >= 0.6 is 23.6 Å². The van der Waals surface area contributed by atoms with Crippen molar-refractivity contribution in [2.24, 2.45) is 0 Å². The molecule has 0 saturated heterocycles. The van der Waals surface area contributed by atoms with Gasteiger partial charge in [0, 0.05) is 10.6 Å². The zero-order valence-electron chi connectivity index (χ0n) is 11.6. The van der Waals surface area contributed by atoms with Crippen LogP contribution in [0.1, 0.15) is 37.6 Å². The Hall–Kier alpha value is -1.40. The lowest BCUT2D eigenvalue weighted by Gasteiger charge is -2.30. The van der Waals surface area contributed by atoms with E-state index >= 15 is 0 Å². The van der Waals surface area contributed by atoms with Crippen LogP contribution in [0.5, 0.6) is 0 Å². The second kappa shape index (κ2) is 6.85. The average molecular weight is 310 g/mol. The number of esters is 1. The number of rotatable bonds is 5. The molecule has 4 nitrogen and oxygen atoms in total. The van der Waals surface area contributed by atoms with Crippen molar-refractivity contribution in [3.63, 3.8) is 0 Å². The zero-order valence-corrected chi connectivity index (χ0v) is 13.2. The Morgan fingerprint density at radius 1 is 1.50 bits per heavy atom. The summed E-state index contributed by atoms with van der Waals surface area (Å²) in [6, 6.07) is 3.75. The largest absolute Gasteiger partial charge is 0.463 e. The summed E-state index contributed by atoms with van der Waals surface area (Å²) in [6.07, 6.45) is 1.71. The van der Waals surface area contributed by atoms with Gasteiger partial charge in [0.05, 0.1) is 18.2 Å². The molecule has 1 atom stereocenters. The van der Waals surface area contributed by atoms with Gasteiger partial charge in [-0.2, -0.15) is 0 Å². The highest BCUT2D eigenvalue weighted by Crippen LogP contribution is 2.31. The maximum atomic E-state index is 12.3. The van der Waals surface area contributed by atoms with Crippen LogP contribution in [-0.2, 0) is 9.53 Å². The third-order valence-corrected chi connectivity index (χ3v) is 4.13. The monoisotopic (exact) mass is 310 g/mol. The van der Waals surface area contributed by atoms with Crippen molar-refractivity contribution >= 4 is 34.6 Å². The zero-order chi connectivity index (χ0) is 14.5. The first-order chi connectivity index (χ1) is 9.67. The van der Waals surface area contributed by atoms with E-state index in [1.165, 1.54) is 0 Å². The van der Waals surface area contributed by atoms with Crippen LogP contribution in [0.4, 0.5) is 0 Å². The van der Waals surface area contributed by atoms with Crippen LogP contribution in [-0.4, -0.2) is 17.7 Å². The van der Waals surface area contributed by atoms with E-state index in [-0.39, 0.29) is 12.0 Å². The first kappa shape index (κ1) is 15.0. The number of carbonyl (C=O) groups excluding carboxylic acids is 1. The van der Waals surface area contributed by atoms with E-state index in [9.17, 15) is 4.79 Å². The van der Waals surface area contributed by atoms with E-state index < -0.39 is 0 Å². The number of thiocarbonyl (C=S) groups is 1. The van der Waals surface area contributed by atoms with Crippen molar-refractivity contribution in [1.82, 2.24) is 10.6 Å². The lowest BCUT2D eigenvalue weighted by molar-refractivity contribution is -0.139. The SMILES string of the molecule is CCCC1=C(C(=O)OCC)C(c2cccs2)NC(=S)N1. The predicted molar refractivity (Wildman–Crippen MR) is 84.5 cm³/mol. The van der Waals surface area contributed by atoms with Gasteiger partial charge in [0.25, 0.3) is 0 Å². The first-order valence-corrected chi connectivity index (χ1v) is 7.97. The molecule has 1 aromatic heterocycles. The lowest BCUT2D eigenvalue weighted by Crippen LogP contribution is -2.45. The molecule has 2 heterocycles. The van der Waals surface area contributed by atoms with Gasteiger partial charge in [-0.25, -0.2) is 4.79 Å². The van der Waals surface area contributed by atoms with E-state index in [0.29, 0.717) is 17.3 Å². The summed E-state index contributed by atoms with van der Waals surface area (Å²) in [5, 5.41) is 8.82. The molecule has 0 aromatic carbocycles. The van der Waals surface area contributed by atoms with Crippen molar-refractivity contribution in [2.45, 2.75) is 32.7 Å². The fourth-order valence-corrected chi connectivity index (χ4v) is 3.21. The molecule has 108 valence electrons. The molecule has 2 rings (SSSR count). The maximum absolute atomic E-state index is 12.3. The Kier molecular flexibility index (Phi) is 5.14. The predicted octanol–water partition coefficient (Wildman–Crippen LogP) is 2.88. The smallest absolute Gasteiger partial charge is 0.338 e. The average Bonchev–Trinajstić information content (AvgIpc) is 2.92. The van der Waals surface area contributed by atoms with Gasteiger partial charge in [-0.05, 0) is 37.0 Å². The Morgan fingerprint density at radius 2 is 2.30 bits per heavy atom. The minimum atomic E-state index is -0.281. The molecule has 2 N–H and O–H groups in total. The molecule has 0 radical (unpaired) electrons. The quantitative estimate of drug-likeness (QED) is 0.647. The van der Waals surface area contributed by atoms with Gasteiger partial charge in [-0.15, -0.1) is 11.3 Å². The van der Waals surface area contributed by atoms with Gasteiger partial charge >= 0.3 is 5.97 Å². The fraction of sp³-hybridized carbons (Fsp3) is 0.429. The summed E-state index contributed by atoms with van der Waals surface area (Å²) in [5.41, 5.74) is 1.51. The number of ether oxygens (including phenoxy) is 1. The second-order valence-corrected chi connectivity index (χ2v) is 5.80. The first-order valence-electron chi connectivity index (χ1n) is 6.68. The summed E-state index contributed by atoms with van der Waals surface area (Å²) >= 11 is 6.85. The topological polar surface area (TPSA) is 50.4 Å². The van der Waals surface area contributed by atoms with Gasteiger partial charge in [0.1, 0.15) is 0 Å². The molecule has 0 fully saturated rings. The van der Waals surface area contributed by atoms with Crippen molar-refractivity contribution in [1.29, 1.82) is 0 Å². The number of hydrogen-bond donors (Lipinski definition) is 2. The number of carbonyl (C=O) groups is 1. The van der Waals surface area contributed by atoms with Crippen molar-refractivity contribution in [3.8, 4) is 0 Å². The van der Waals surface area contributed by atoms with Crippen molar-refractivity contribution in [3.05, 3.63) is 33.7 Å². The molecule has 0 amide bonds. The Morgan fingerprint density at radius 3 is 2.90 bits per heavy atom. The van der Waals surface area contributed by atoms with Gasteiger partial charge in [0.2, 0.25) is 0 Å². The molecule has 0 bridgehead atoms. The van der Waals surface area contributed by atoms with Gasteiger partial charge in [0.15, 0.2) is 5.11 Å². The molecule has 1 aliphatic rings. The molecule has 1 unspecified atom stereocenters. The third kappa shape index (κ3) is 3.19. The molecule has 1 aliphatic heterocycles. The molecule has 0 saturated carbocycles. The number of allylic oxidation sites excluding steroid dienone is 1. The van der Waals surface area contributed by atoms with Gasteiger partial charge < -0.3 is 15.4 Å². The maximum Gasteiger partial charge on any atom is 0.338 e. The Balaban J connectivity index is 2.43. The van der Waals surface area contributed by atoms with Crippen LogP contribution in [0, 0.1) is 0 Å². The van der Waals surface area contributed by atoms with E-state index in [2.05, 4.69) is 17.6 Å². The minimum Gasteiger partial charge on any atom is -0.463 e. The van der Waals surface area contributed by atoms with Crippen molar-refractivity contribution in [2.75, 3.05) is 6.61 Å². The van der Waals surface area contributed by atoms with Crippen molar-refractivity contribution < 1.29 is 9.53 Å². The molecular weight excluding hydrogens is 292 g/mol. The summed E-state index contributed by atoms with van der Waals surface area (Å²) in [7, 11) is 0. The highest BCUT2D eigenvalue weighted by molar-refractivity contribution is 7.80. The molecule has 20 heavy (non-hydrogen) atoms. The molecule has 0 aliphatic carbocycles. The number of thiophene rings is 1. The van der Waals surface area contributed by atoms with Crippen LogP contribution < -0.4 is 10.6 Å². The molecule has 0 spiro atoms. The van der Waals surface area contributed by atoms with E-state index in [1.807, 2.05) is 24.4 Å². The number of nitrogens with one attached hydrogen (secondary N) is 2. The highest BCUT2D eigenvalue weighted by Gasteiger charge is 2.32.